The Morgan fingerprint density at radius 3 is 2.36 bits per heavy atom. The van der Waals surface area contributed by atoms with Gasteiger partial charge in [-0.15, -0.1) is 0 Å². The Kier molecular flexibility index (Phi) is 4.92. The quantitative estimate of drug-likeness (QED) is 0.311. The SMILES string of the molecule is C[C@]1(c2ccc([N+](=O)[O-])cc2)NC(=O)N(NC(=S)Nc2ccc(F)cc2)C1=O. The molecule has 11 heteroatoms. The van der Waals surface area contributed by atoms with Crippen LogP contribution in [0.1, 0.15) is 12.5 Å². The fourth-order valence-corrected chi connectivity index (χ4v) is 2.86. The van der Waals surface area contributed by atoms with Gasteiger partial charge in [0.2, 0.25) is 0 Å². The number of rotatable bonds is 4. The van der Waals surface area contributed by atoms with E-state index in [1.54, 1.807) is 0 Å². The molecule has 9 nitrogen and oxygen atoms in total. The fourth-order valence-electron chi connectivity index (χ4n) is 2.65. The first-order chi connectivity index (χ1) is 13.2. The summed E-state index contributed by atoms with van der Waals surface area (Å²) >= 11 is 5.08. The number of urea groups is 1. The molecule has 0 aromatic heterocycles. The number of hydrogen-bond donors (Lipinski definition) is 3. The minimum absolute atomic E-state index is 0.0527. The van der Waals surface area contributed by atoms with Gasteiger partial charge in [0, 0.05) is 17.8 Å². The Bertz CT molecular complexity index is 967. The molecule has 3 amide bonds. The molecule has 1 fully saturated rings. The first-order valence-electron chi connectivity index (χ1n) is 7.95. The number of nitro groups is 1. The lowest BCUT2D eigenvalue weighted by Gasteiger charge is -2.22. The highest BCUT2D eigenvalue weighted by atomic mass is 32.1. The topological polar surface area (TPSA) is 117 Å². The minimum Gasteiger partial charge on any atom is -0.331 e. The van der Waals surface area contributed by atoms with Crippen LogP contribution >= 0.6 is 12.2 Å². The van der Waals surface area contributed by atoms with Crippen molar-refractivity contribution < 1.29 is 18.9 Å². The average molecular weight is 403 g/mol. The van der Waals surface area contributed by atoms with Crippen LogP contribution in [0.25, 0.3) is 0 Å². The molecular formula is C17H14FN5O4S. The van der Waals surface area contributed by atoms with E-state index in [0.29, 0.717) is 16.3 Å². The summed E-state index contributed by atoms with van der Waals surface area (Å²) in [4.78, 5) is 35.3. The lowest BCUT2D eigenvalue weighted by molar-refractivity contribution is -0.384. The molecule has 1 heterocycles. The second-order valence-electron chi connectivity index (χ2n) is 6.07. The number of thiocarbonyl (C=S) groups is 1. The Morgan fingerprint density at radius 1 is 1.18 bits per heavy atom. The summed E-state index contributed by atoms with van der Waals surface area (Å²) in [5.41, 5.74) is 1.76. The maximum absolute atomic E-state index is 13.0. The molecule has 0 bridgehead atoms. The number of carbonyl (C=O) groups excluding carboxylic acids is 2. The van der Waals surface area contributed by atoms with Crippen LogP contribution in [0.15, 0.2) is 48.5 Å². The highest BCUT2D eigenvalue weighted by Gasteiger charge is 2.49. The zero-order chi connectivity index (χ0) is 20.5. The summed E-state index contributed by atoms with van der Waals surface area (Å²) < 4.78 is 13.0. The number of anilines is 1. The zero-order valence-electron chi connectivity index (χ0n) is 14.4. The van der Waals surface area contributed by atoms with Crippen LogP contribution in [-0.2, 0) is 10.3 Å². The number of halogens is 1. The van der Waals surface area contributed by atoms with Gasteiger partial charge in [0.25, 0.3) is 11.6 Å². The highest BCUT2D eigenvalue weighted by molar-refractivity contribution is 7.80. The molecule has 1 atom stereocenters. The van der Waals surface area contributed by atoms with Crippen molar-refractivity contribution in [3.8, 4) is 0 Å². The van der Waals surface area contributed by atoms with E-state index in [2.05, 4.69) is 16.1 Å². The minimum atomic E-state index is -1.43. The van der Waals surface area contributed by atoms with E-state index in [1.165, 1.54) is 55.5 Å². The predicted octanol–water partition coefficient (Wildman–Crippen LogP) is 2.40. The maximum Gasteiger partial charge on any atom is 0.344 e. The van der Waals surface area contributed by atoms with Gasteiger partial charge in [-0.1, -0.05) is 0 Å². The summed E-state index contributed by atoms with van der Waals surface area (Å²) in [7, 11) is 0. The molecule has 144 valence electrons. The van der Waals surface area contributed by atoms with Crippen LogP contribution in [0, 0.1) is 15.9 Å². The maximum atomic E-state index is 13.0. The number of amides is 3. The van der Waals surface area contributed by atoms with Gasteiger partial charge in [-0.25, -0.2) is 9.18 Å². The monoisotopic (exact) mass is 403 g/mol. The van der Waals surface area contributed by atoms with Crippen LogP contribution < -0.4 is 16.1 Å². The molecular weight excluding hydrogens is 389 g/mol. The van der Waals surface area contributed by atoms with Crippen molar-refractivity contribution in [3.63, 3.8) is 0 Å². The number of nitrogens with one attached hydrogen (secondary N) is 3. The van der Waals surface area contributed by atoms with Gasteiger partial charge in [0.1, 0.15) is 11.4 Å². The molecule has 0 saturated carbocycles. The standard InChI is InChI=1S/C17H14FN5O4S/c1-17(10-2-8-13(9-3-10)23(26)27)14(24)22(16(25)20-17)21-15(28)19-12-6-4-11(18)5-7-12/h2-9H,1H3,(H,20,25)(H2,19,21,28)/t17-/m1/s1. The molecule has 1 aliphatic heterocycles. The molecule has 1 saturated heterocycles. The number of hydrogen-bond acceptors (Lipinski definition) is 5. The number of non-ortho nitro benzene ring substituents is 1. The van der Waals surface area contributed by atoms with Crippen LogP contribution in [0.3, 0.4) is 0 Å². The van der Waals surface area contributed by atoms with Crippen LogP contribution in [-0.4, -0.2) is 27.0 Å². The summed E-state index contributed by atoms with van der Waals surface area (Å²) in [6.45, 7) is 1.48. The second-order valence-corrected chi connectivity index (χ2v) is 6.48. The smallest absolute Gasteiger partial charge is 0.331 e. The Balaban J connectivity index is 1.74. The molecule has 0 aliphatic carbocycles. The zero-order valence-corrected chi connectivity index (χ0v) is 15.2. The largest absolute Gasteiger partial charge is 0.344 e. The van der Waals surface area contributed by atoms with Gasteiger partial charge < -0.3 is 10.6 Å². The van der Waals surface area contributed by atoms with E-state index in [9.17, 15) is 24.1 Å². The Labute approximate surface area is 163 Å². The average Bonchev–Trinajstić information content (AvgIpc) is 2.88. The van der Waals surface area contributed by atoms with Crippen molar-refractivity contribution in [2.75, 3.05) is 5.32 Å². The molecule has 2 aromatic carbocycles. The van der Waals surface area contributed by atoms with Gasteiger partial charge in [-0.2, -0.15) is 5.01 Å². The Hall–Kier alpha value is -3.60. The van der Waals surface area contributed by atoms with E-state index in [-0.39, 0.29) is 10.8 Å². The summed E-state index contributed by atoms with van der Waals surface area (Å²) in [6.07, 6.45) is 0. The third-order valence-corrected chi connectivity index (χ3v) is 4.36. The predicted molar refractivity (Wildman–Crippen MR) is 102 cm³/mol. The van der Waals surface area contributed by atoms with E-state index >= 15 is 0 Å². The van der Waals surface area contributed by atoms with E-state index in [1.807, 2.05) is 0 Å². The summed E-state index contributed by atoms with van der Waals surface area (Å²) in [5, 5.41) is 16.7. The van der Waals surface area contributed by atoms with Crippen molar-refractivity contribution in [3.05, 3.63) is 70.0 Å². The van der Waals surface area contributed by atoms with Crippen LogP contribution in [0.5, 0.6) is 0 Å². The fraction of sp³-hybridized carbons (Fsp3) is 0.118. The Morgan fingerprint density at radius 2 is 1.79 bits per heavy atom. The van der Waals surface area contributed by atoms with Crippen molar-refractivity contribution in [2.45, 2.75) is 12.5 Å². The summed E-state index contributed by atoms with van der Waals surface area (Å²) in [6, 6.07) is 9.88. The van der Waals surface area contributed by atoms with Gasteiger partial charge >= 0.3 is 6.03 Å². The first kappa shape index (κ1) is 19.2. The van der Waals surface area contributed by atoms with Gasteiger partial charge in [-0.3, -0.25) is 20.3 Å². The molecule has 0 radical (unpaired) electrons. The third-order valence-electron chi connectivity index (χ3n) is 4.16. The van der Waals surface area contributed by atoms with Crippen LogP contribution in [0.2, 0.25) is 0 Å². The van der Waals surface area contributed by atoms with Gasteiger partial charge in [-0.05, 0) is 61.1 Å². The van der Waals surface area contributed by atoms with Crippen molar-refractivity contribution in [1.29, 1.82) is 0 Å². The molecule has 28 heavy (non-hydrogen) atoms. The number of nitrogens with zero attached hydrogens (tertiary/aromatic N) is 2. The van der Waals surface area contributed by atoms with Crippen molar-refractivity contribution >= 4 is 40.6 Å². The van der Waals surface area contributed by atoms with Crippen molar-refractivity contribution in [2.24, 2.45) is 0 Å². The summed E-state index contributed by atoms with van der Waals surface area (Å²) in [5.74, 6) is -1.06. The van der Waals surface area contributed by atoms with Crippen LogP contribution in [0.4, 0.5) is 20.6 Å². The molecule has 1 aliphatic rings. The molecule has 3 N–H and O–H groups in total. The van der Waals surface area contributed by atoms with E-state index < -0.39 is 28.2 Å². The second kappa shape index (κ2) is 7.19. The number of benzene rings is 2. The van der Waals surface area contributed by atoms with E-state index in [0.717, 1.165) is 0 Å². The molecule has 0 unspecified atom stereocenters. The molecule has 3 rings (SSSR count). The molecule has 2 aromatic rings. The molecule has 0 spiro atoms. The third kappa shape index (κ3) is 3.60. The van der Waals surface area contributed by atoms with Gasteiger partial charge in [0.05, 0.1) is 4.92 Å². The highest BCUT2D eigenvalue weighted by Crippen LogP contribution is 2.29. The van der Waals surface area contributed by atoms with Gasteiger partial charge in [0.15, 0.2) is 5.11 Å². The van der Waals surface area contributed by atoms with E-state index in [4.69, 9.17) is 12.2 Å². The first-order valence-corrected chi connectivity index (χ1v) is 8.36. The lowest BCUT2D eigenvalue weighted by Crippen LogP contribution is -2.49. The number of imide groups is 1. The number of carbonyl (C=O) groups is 2. The number of hydrazine groups is 1. The van der Waals surface area contributed by atoms with Crippen molar-refractivity contribution in [1.82, 2.24) is 15.8 Å². The number of nitro benzene ring substituents is 1. The normalized spacial score (nSPS) is 18.6. The lowest BCUT2D eigenvalue weighted by atomic mass is 9.92.